The average Bonchev–Trinajstić information content (AvgIpc) is 3.10. The van der Waals surface area contributed by atoms with Crippen molar-refractivity contribution >= 4 is 22.4 Å². The molecule has 0 aliphatic heterocycles. The fourth-order valence-electron chi connectivity index (χ4n) is 2.36. The number of ether oxygens (including phenoxy) is 1. The Morgan fingerprint density at radius 2 is 2.04 bits per heavy atom. The molecule has 0 saturated heterocycles. The zero-order valence-corrected chi connectivity index (χ0v) is 15.3. The van der Waals surface area contributed by atoms with Crippen LogP contribution in [0.25, 0.3) is 0 Å². The molecule has 1 N–H and O–H groups in total. The summed E-state index contributed by atoms with van der Waals surface area (Å²) in [5, 5.41) is 12.3. The molecule has 0 spiro atoms. The molecule has 0 fully saturated rings. The fourth-order valence-corrected chi connectivity index (χ4v) is 3.21. The van der Waals surface area contributed by atoms with Crippen LogP contribution in [0.1, 0.15) is 22.9 Å². The maximum Gasteiger partial charge on any atom is 0.266 e. The van der Waals surface area contributed by atoms with Crippen molar-refractivity contribution in [2.75, 3.05) is 5.32 Å². The van der Waals surface area contributed by atoms with Gasteiger partial charge < -0.3 is 4.74 Å². The smallest absolute Gasteiger partial charge is 0.266 e. The lowest BCUT2D eigenvalue weighted by atomic mass is 10.1. The van der Waals surface area contributed by atoms with Gasteiger partial charge in [-0.05, 0) is 36.8 Å². The summed E-state index contributed by atoms with van der Waals surface area (Å²) in [5.74, 6) is -0.271. The first-order valence-corrected chi connectivity index (χ1v) is 9.02. The second-order valence-corrected chi connectivity index (χ2v) is 6.91. The van der Waals surface area contributed by atoms with E-state index in [-0.39, 0.29) is 11.7 Å². The number of anilines is 1. The lowest BCUT2D eigenvalue weighted by molar-refractivity contribution is -0.122. The van der Waals surface area contributed by atoms with E-state index in [4.69, 9.17) is 10.00 Å². The van der Waals surface area contributed by atoms with Crippen LogP contribution >= 0.6 is 11.3 Å². The van der Waals surface area contributed by atoms with Gasteiger partial charge in [0, 0.05) is 17.5 Å². The van der Waals surface area contributed by atoms with Crippen LogP contribution in [0.4, 0.5) is 9.52 Å². The van der Waals surface area contributed by atoms with E-state index < -0.39 is 6.10 Å². The molecule has 2 aromatic carbocycles. The normalized spacial score (nSPS) is 11.4. The van der Waals surface area contributed by atoms with Crippen molar-refractivity contribution in [1.82, 2.24) is 4.98 Å². The van der Waals surface area contributed by atoms with Gasteiger partial charge in [0.15, 0.2) is 11.2 Å². The molecule has 5 nitrogen and oxygen atoms in total. The van der Waals surface area contributed by atoms with E-state index in [0.29, 0.717) is 22.9 Å². The van der Waals surface area contributed by atoms with Crippen LogP contribution in [-0.2, 0) is 11.2 Å². The highest BCUT2D eigenvalue weighted by Gasteiger charge is 2.18. The van der Waals surface area contributed by atoms with Crippen molar-refractivity contribution in [2.24, 2.45) is 0 Å². The average molecular weight is 381 g/mol. The highest BCUT2D eigenvalue weighted by atomic mass is 32.1. The summed E-state index contributed by atoms with van der Waals surface area (Å²) < 4.78 is 18.6. The minimum absolute atomic E-state index is 0.275. The summed E-state index contributed by atoms with van der Waals surface area (Å²) in [6, 6.07) is 15.0. The molecule has 1 heterocycles. The minimum atomic E-state index is -0.788. The van der Waals surface area contributed by atoms with Gasteiger partial charge in [-0.1, -0.05) is 24.3 Å². The van der Waals surface area contributed by atoms with Crippen LogP contribution in [0.5, 0.6) is 5.75 Å². The lowest BCUT2D eigenvalue weighted by Crippen LogP contribution is -2.30. The molecule has 27 heavy (non-hydrogen) atoms. The van der Waals surface area contributed by atoms with Crippen molar-refractivity contribution in [2.45, 2.75) is 19.4 Å². The number of carbonyl (C=O) groups excluding carboxylic acids is 1. The van der Waals surface area contributed by atoms with Gasteiger partial charge in [0.1, 0.15) is 17.6 Å². The van der Waals surface area contributed by atoms with E-state index in [1.54, 1.807) is 49.5 Å². The molecule has 7 heteroatoms. The Kier molecular flexibility index (Phi) is 5.79. The van der Waals surface area contributed by atoms with E-state index in [1.165, 1.54) is 23.5 Å². The molecule has 1 amide bonds. The number of para-hydroxylation sites is 1. The third-order valence-electron chi connectivity index (χ3n) is 3.76. The van der Waals surface area contributed by atoms with Gasteiger partial charge in [-0.2, -0.15) is 5.26 Å². The number of rotatable bonds is 6. The monoisotopic (exact) mass is 381 g/mol. The van der Waals surface area contributed by atoms with Crippen LogP contribution in [0.3, 0.4) is 0 Å². The number of nitriles is 1. The SMILES string of the molecule is CC(Oc1ccccc1C#N)C(=O)Nc1ncc(Cc2ccc(F)cc2)s1. The fraction of sp³-hybridized carbons (Fsp3) is 0.150. The predicted octanol–water partition coefficient (Wildman–Crippen LogP) is 4.15. The highest BCUT2D eigenvalue weighted by molar-refractivity contribution is 7.15. The number of nitrogens with zero attached hydrogens (tertiary/aromatic N) is 2. The van der Waals surface area contributed by atoms with Gasteiger partial charge in [0.05, 0.1) is 5.56 Å². The maximum atomic E-state index is 13.0. The first-order valence-electron chi connectivity index (χ1n) is 8.21. The summed E-state index contributed by atoms with van der Waals surface area (Å²) in [6.07, 6.45) is 1.50. The predicted molar refractivity (Wildman–Crippen MR) is 101 cm³/mol. The number of nitrogens with one attached hydrogen (secondary N) is 1. The number of amides is 1. The summed E-state index contributed by atoms with van der Waals surface area (Å²) >= 11 is 1.35. The van der Waals surface area contributed by atoms with E-state index in [2.05, 4.69) is 10.3 Å². The van der Waals surface area contributed by atoms with E-state index in [9.17, 15) is 9.18 Å². The Balaban J connectivity index is 1.60. The van der Waals surface area contributed by atoms with Gasteiger partial charge in [0.2, 0.25) is 0 Å². The van der Waals surface area contributed by atoms with Crippen LogP contribution in [0.15, 0.2) is 54.7 Å². The number of benzene rings is 2. The Bertz CT molecular complexity index is 979. The molecule has 1 atom stereocenters. The third-order valence-corrected chi connectivity index (χ3v) is 4.67. The molecule has 3 rings (SSSR count). The summed E-state index contributed by atoms with van der Waals surface area (Å²) in [5.41, 5.74) is 1.33. The van der Waals surface area contributed by atoms with Crippen molar-refractivity contribution in [3.8, 4) is 11.8 Å². The van der Waals surface area contributed by atoms with Gasteiger partial charge in [-0.25, -0.2) is 9.37 Å². The van der Waals surface area contributed by atoms with E-state index in [0.717, 1.165) is 10.4 Å². The largest absolute Gasteiger partial charge is 0.480 e. The number of halogens is 1. The van der Waals surface area contributed by atoms with Gasteiger partial charge >= 0.3 is 0 Å². The molecule has 0 saturated carbocycles. The summed E-state index contributed by atoms with van der Waals surface area (Å²) in [6.45, 7) is 1.61. The van der Waals surface area contributed by atoms with Gasteiger partial charge in [-0.3, -0.25) is 10.1 Å². The molecule has 136 valence electrons. The Morgan fingerprint density at radius 3 is 2.78 bits per heavy atom. The molecule has 0 radical (unpaired) electrons. The zero-order valence-electron chi connectivity index (χ0n) is 14.5. The van der Waals surface area contributed by atoms with Gasteiger partial charge in [-0.15, -0.1) is 11.3 Å². The second kappa shape index (κ2) is 8.43. The van der Waals surface area contributed by atoms with Crippen molar-refractivity contribution in [3.63, 3.8) is 0 Å². The standard InChI is InChI=1S/C20H16FN3O2S/c1-13(26-18-5-3-2-4-15(18)11-22)19(25)24-20-23-12-17(27-20)10-14-6-8-16(21)9-7-14/h2-9,12-13H,10H2,1H3,(H,23,24,25). The maximum absolute atomic E-state index is 13.0. The van der Waals surface area contributed by atoms with Crippen LogP contribution in [0.2, 0.25) is 0 Å². The second-order valence-electron chi connectivity index (χ2n) is 5.79. The Labute approximate surface area is 160 Å². The number of thiazole rings is 1. The van der Waals surface area contributed by atoms with Gasteiger partial charge in [0.25, 0.3) is 5.91 Å². The topological polar surface area (TPSA) is 75.0 Å². The van der Waals surface area contributed by atoms with Crippen LogP contribution in [-0.4, -0.2) is 17.0 Å². The number of carbonyl (C=O) groups is 1. The molecule has 0 aliphatic rings. The van der Waals surface area contributed by atoms with Crippen LogP contribution in [0, 0.1) is 17.1 Å². The molecular weight excluding hydrogens is 365 g/mol. The minimum Gasteiger partial charge on any atom is -0.480 e. The van der Waals surface area contributed by atoms with Crippen molar-refractivity contribution in [3.05, 3.63) is 76.5 Å². The summed E-state index contributed by atoms with van der Waals surface area (Å²) in [7, 11) is 0. The first kappa shape index (κ1) is 18.5. The van der Waals surface area contributed by atoms with Crippen LogP contribution < -0.4 is 10.1 Å². The third kappa shape index (κ3) is 4.90. The Hall–Kier alpha value is -3.24. The molecule has 0 bridgehead atoms. The van der Waals surface area contributed by atoms with Crippen molar-refractivity contribution in [1.29, 1.82) is 5.26 Å². The first-order chi connectivity index (χ1) is 13.0. The molecule has 0 aliphatic carbocycles. The Morgan fingerprint density at radius 1 is 1.30 bits per heavy atom. The van der Waals surface area contributed by atoms with E-state index >= 15 is 0 Å². The molecule has 1 unspecified atom stereocenters. The summed E-state index contributed by atoms with van der Waals surface area (Å²) in [4.78, 5) is 17.5. The number of hydrogen-bond donors (Lipinski definition) is 1. The van der Waals surface area contributed by atoms with E-state index in [1.807, 2.05) is 6.07 Å². The number of aromatic nitrogens is 1. The molecule has 3 aromatic rings. The van der Waals surface area contributed by atoms with Crippen molar-refractivity contribution < 1.29 is 13.9 Å². The lowest BCUT2D eigenvalue weighted by Gasteiger charge is -2.14. The zero-order chi connectivity index (χ0) is 19.2. The molecule has 1 aromatic heterocycles. The highest BCUT2D eigenvalue weighted by Crippen LogP contribution is 2.22. The number of hydrogen-bond acceptors (Lipinski definition) is 5. The quantitative estimate of drug-likeness (QED) is 0.696. The molecular formula is C20H16FN3O2S.